The highest BCUT2D eigenvalue weighted by Gasteiger charge is 2.21. The lowest BCUT2D eigenvalue weighted by Crippen LogP contribution is -2.34. The van der Waals surface area contributed by atoms with E-state index in [0.29, 0.717) is 24.5 Å². The minimum atomic E-state index is -0.253. The molecule has 0 bridgehead atoms. The number of furan rings is 1. The lowest BCUT2D eigenvalue weighted by atomic mass is 10.1. The SMILES string of the molecule is CNC(=O)c1ccc(CN(CC(=O)Nc2cc(C)nn2C(C)(C)C)Cc2ccco2)cc1. The second kappa shape index (κ2) is 9.82. The minimum absolute atomic E-state index is 0.130. The van der Waals surface area contributed by atoms with Crippen LogP contribution in [0.15, 0.2) is 53.1 Å². The van der Waals surface area contributed by atoms with Crippen LogP contribution in [0.5, 0.6) is 0 Å². The molecule has 0 aliphatic heterocycles. The number of aromatic nitrogens is 2. The van der Waals surface area contributed by atoms with Crippen LogP contribution in [0.3, 0.4) is 0 Å². The van der Waals surface area contributed by atoms with Crippen LogP contribution in [0.2, 0.25) is 0 Å². The summed E-state index contributed by atoms with van der Waals surface area (Å²) in [5, 5.41) is 10.1. The second-order valence-electron chi connectivity index (χ2n) is 8.80. The van der Waals surface area contributed by atoms with E-state index in [-0.39, 0.29) is 23.9 Å². The van der Waals surface area contributed by atoms with Gasteiger partial charge >= 0.3 is 0 Å². The molecule has 2 amide bonds. The molecule has 0 unspecified atom stereocenters. The zero-order valence-corrected chi connectivity index (χ0v) is 19.3. The summed E-state index contributed by atoms with van der Waals surface area (Å²) < 4.78 is 7.32. The van der Waals surface area contributed by atoms with Crippen LogP contribution in [0, 0.1) is 6.92 Å². The van der Waals surface area contributed by atoms with E-state index >= 15 is 0 Å². The fourth-order valence-electron chi connectivity index (χ4n) is 3.44. The van der Waals surface area contributed by atoms with E-state index in [9.17, 15) is 9.59 Å². The topological polar surface area (TPSA) is 92.4 Å². The summed E-state index contributed by atoms with van der Waals surface area (Å²) in [4.78, 5) is 26.7. The quantitative estimate of drug-likeness (QED) is 0.562. The molecule has 0 aliphatic carbocycles. The Balaban J connectivity index is 1.73. The molecule has 3 rings (SSSR count). The van der Waals surface area contributed by atoms with Crippen molar-refractivity contribution in [2.24, 2.45) is 0 Å². The van der Waals surface area contributed by atoms with Crippen molar-refractivity contribution < 1.29 is 14.0 Å². The van der Waals surface area contributed by atoms with Gasteiger partial charge in [-0.3, -0.25) is 14.5 Å². The zero-order valence-electron chi connectivity index (χ0n) is 19.3. The molecule has 8 heteroatoms. The predicted octanol–water partition coefficient (Wildman–Crippen LogP) is 3.54. The van der Waals surface area contributed by atoms with Gasteiger partial charge in [0.25, 0.3) is 5.91 Å². The van der Waals surface area contributed by atoms with Crippen molar-refractivity contribution in [1.82, 2.24) is 20.0 Å². The number of benzene rings is 1. The van der Waals surface area contributed by atoms with Crippen molar-refractivity contribution in [2.75, 3.05) is 18.9 Å². The first-order valence-electron chi connectivity index (χ1n) is 10.6. The monoisotopic (exact) mass is 437 g/mol. The first kappa shape index (κ1) is 23.3. The molecule has 170 valence electrons. The average molecular weight is 438 g/mol. The van der Waals surface area contributed by atoms with Gasteiger partial charge < -0.3 is 15.1 Å². The molecular formula is C24H31N5O3. The van der Waals surface area contributed by atoms with Gasteiger partial charge in [-0.2, -0.15) is 5.10 Å². The summed E-state index contributed by atoms with van der Waals surface area (Å²) in [5.41, 5.74) is 2.18. The Morgan fingerprint density at radius 1 is 1.12 bits per heavy atom. The van der Waals surface area contributed by atoms with E-state index in [4.69, 9.17) is 4.42 Å². The molecule has 0 saturated heterocycles. The van der Waals surface area contributed by atoms with Gasteiger partial charge in [0.2, 0.25) is 5.91 Å². The molecule has 2 aromatic heterocycles. The van der Waals surface area contributed by atoms with E-state index < -0.39 is 0 Å². The lowest BCUT2D eigenvalue weighted by molar-refractivity contribution is -0.117. The molecule has 0 fully saturated rings. The maximum Gasteiger partial charge on any atom is 0.251 e. The van der Waals surface area contributed by atoms with E-state index in [2.05, 4.69) is 15.7 Å². The minimum Gasteiger partial charge on any atom is -0.468 e. The normalized spacial score (nSPS) is 11.6. The van der Waals surface area contributed by atoms with Crippen LogP contribution in [0.4, 0.5) is 5.82 Å². The van der Waals surface area contributed by atoms with Crippen molar-refractivity contribution in [1.29, 1.82) is 0 Å². The third-order valence-corrected chi connectivity index (χ3v) is 4.91. The first-order valence-corrected chi connectivity index (χ1v) is 10.6. The first-order chi connectivity index (χ1) is 15.2. The molecule has 0 spiro atoms. The predicted molar refractivity (Wildman–Crippen MR) is 123 cm³/mol. The zero-order chi connectivity index (χ0) is 23.3. The molecule has 2 N–H and O–H groups in total. The van der Waals surface area contributed by atoms with Gasteiger partial charge in [0.15, 0.2) is 0 Å². The van der Waals surface area contributed by atoms with Gasteiger partial charge in [-0.05, 0) is 57.5 Å². The number of carbonyl (C=O) groups is 2. The highest BCUT2D eigenvalue weighted by atomic mass is 16.3. The Bertz CT molecular complexity index is 1050. The number of amides is 2. The van der Waals surface area contributed by atoms with Crippen LogP contribution in [-0.4, -0.2) is 40.1 Å². The average Bonchev–Trinajstić information content (AvgIpc) is 3.37. The molecule has 0 radical (unpaired) electrons. The van der Waals surface area contributed by atoms with Crippen molar-refractivity contribution >= 4 is 17.6 Å². The van der Waals surface area contributed by atoms with Gasteiger partial charge in [0.1, 0.15) is 11.6 Å². The third kappa shape index (κ3) is 6.07. The molecule has 1 aromatic carbocycles. The van der Waals surface area contributed by atoms with Gasteiger partial charge in [-0.25, -0.2) is 4.68 Å². The molecule has 8 nitrogen and oxygen atoms in total. The number of anilines is 1. The number of hydrogen-bond acceptors (Lipinski definition) is 5. The Labute approximate surface area is 188 Å². The van der Waals surface area contributed by atoms with Crippen molar-refractivity contribution in [2.45, 2.75) is 46.3 Å². The van der Waals surface area contributed by atoms with Crippen molar-refractivity contribution in [3.8, 4) is 0 Å². The van der Waals surface area contributed by atoms with Gasteiger partial charge in [0, 0.05) is 25.2 Å². The van der Waals surface area contributed by atoms with Gasteiger partial charge in [-0.1, -0.05) is 12.1 Å². The maximum atomic E-state index is 12.9. The fraction of sp³-hybridized carbons (Fsp3) is 0.375. The van der Waals surface area contributed by atoms with Crippen molar-refractivity contribution in [3.63, 3.8) is 0 Å². The standard InChI is InChI=1S/C24H31N5O3/c1-17-13-21(29(27-17)24(2,3)4)26-22(30)16-28(15-20-7-6-12-32-20)14-18-8-10-19(11-9-18)23(31)25-5/h6-13H,14-16H2,1-5H3,(H,25,31)(H,26,30). The van der Waals surface area contributed by atoms with Crippen LogP contribution in [0.25, 0.3) is 0 Å². The van der Waals surface area contributed by atoms with Gasteiger partial charge in [-0.15, -0.1) is 0 Å². The molecule has 0 saturated carbocycles. The van der Waals surface area contributed by atoms with Crippen molar-refractivity contribution in [3.05, 3.63) is 71.3 Å². The summed E-state index contributed by atoms with van der Waals surface area (Å²) in [6, 6.07) is 12.9. The Hall–Kier alpha value is -3.39. The molecular weight excluding hydrogens is 406 g/mol. The van der Waals surface area contributed by atoms with E-state index in [0.717, 1.165) is 17.0 Å². The number of carbonyl (C=O) groups excluding carboxylic acids is 2. The highest BCUT2D eigenvalue weighted by Crippen LogP contribution is 2.21. The van der Waals surface area contributed by atoms with E-state index in [1.54, 1.807) is 25.4 Å². The molecule has 0 atom stereocenters. The van der Waals surface area contributed by atoms with E-state index in [1.807, 2.05) is 67.6 Å². The second-order valence-corrected chi connectivity index (χ2v) is 8.80. The van der Waals surface area contributed by atoms with Gasteiger partial charge in [0.05, 0.1) is 30.6 Å². The molecule has 32 heavy (non-hydrogen) atoms. The largest absolute Gasteiger partial charge is 0.468 e. The Morgan fingerprint density at radius 3 is 2.44 bits per heavy atom. The fourth-order valence-corrected chi connectivity index (χ4v) is 3.44. The summed E-state index contributed by atoms with van der Waals surface area (Å²) in [7, 11) is 1.60. The maximum absolute atomic E-state index is 12.9. The van der Waals surface area contributed by atoms with E-state index in [1.165, 1.54) is 0 Å². The Kier molecular flexibility index (Phi) is 7.15. The summed E-state index contributed by atoms with van der Waals surface area (Å²) in [5.74, 6) is 1.18. The number of hydrogen-bond donors (Lipinski definition) is 2. The van der Waals surface area contributed by atoms with Crippen LogP contribution in [-0.2, 0) is 23.4 Å². The van der Waals surface area contributed by atoms with Crippen LogP contribution < -0.4 is 10.6 Å². The van der Waals surface area contributed by atoms with Crippen LogP contribution >= 0.6 is 0 Å². The number of aryl methyl sites for hydroxylation is 1. The molecule has 3 aromatic rings. The molecule has 0 aliphatic rings. The third-order valence-electron chi connectivity index (χ3n) is 4.91. The number of rotatable bonds is 8. The summed E-state index contributed by atoms with van der Waals surface area (Å²) >= 11 is 0. The number of nitrogens with zero attached hydrogens (tertiary/aromatic N) is 3. The Morgan fingerprint density at radius 2 is 1.84 bits per heavy atom. The highest BCUT2D eigenvalue weighted by molar-refractivity contribution is 5.94. The summed E-state index contributed by atoms with van der Waals surface area (Å²) in [6.45, 7) is 9.22. The smallest absolute Gasteiger partial charge is 0.251 e. The van der Waals surface area contributed by atoms with Crippen LogP contribution in [0.1, 0.15) is 48.1 Å². The summed E-state index contributed by atoms with van der Waals surface area (Å²) in [6.07, 6.45) is 1.62. The molecule has 2 heterocycles. The number of nitrogens with one attached hydrogen (secondary N) is 2. The lowest BCUT2D eigenvalue weighted by Gasteiger charge is -2.24.